The van der Waals surface area contributed by atoms with Crippen LogP contribution >= 0.6 is 22.7 Å². The van der Waals surface area contributed by atoms with Crippen LogP contribution in [0.1, 0.15) is 5.56 Å². The molecular weight excluding hydrogens is 520 g/mol. The number of hydrogen-bond acceptors (Lipinski definition) is 9. The molecule has 2 aromatic heterocycles. The molecule has 2 N–H and O–H groups in total. The lowest BCUT2D eigenvalue weighted by atomic mass is 10.2. The van der Waals surface area contributed by atoms with Crippen LogP contribution in [0.3, 0.4) is 0 Å². The highest BCUT2D eigenvalue weighted by molar-refractivity contribution is 7.89. The predicted octanol–water partition coefficient (Wildman–Crippen LogP) is 3.82. The van der Waals surface area contributed by atoms with Crippen molar-refractivity contribution in [3.63, 3.8) is 0 Å². The van der Waals surface area contributed by atoms with E-state index in [-0.39, 0.29) is 16.4 Å². The summed E-state index contributed by atoms with van der Waals surface area (Å²) in [6, 6.07) is 14.9. The molecule has 1 saturated heterocycles. The maximum atomic E-state index is 12.9. The van der Waals surface area contributed by atoms with E-state index in [1.54, 1.807) is 52.6 Å². The van der Waals surface area contributed by atoms with Crippen molar-refractivity contribution in [2.45, 2.75) is 4.90 Å². The summed E-state index contributed by atoms with van der Waals surface area (Å²) in [7, 11) is -3.58. The quantitative estimate of drug-likeness (QED) is 0.284. The van der Waals surface area contributed by atoms with Gasteiger partial charge in [0.1, 0.15) is 0 Å². The summed E-state index contributed by atoms with van der Waals surface area (Å²) in [5, 5.41) is 27.9. The SMILES string of the molecule is O=S(=O)(c1ccc(N=c2scc(-c3cccs3)n2N=Cc2ccc(O)c(O)c2)cc1)N1CCOCC1. The summed E-state index contributed by atoms with van der Waals surface area (Å²) >= 11 is 2.97. The highest BCUT2D eigenvalue weighted by atomic mass is 32.2. The topological polar surface area (TPSA) is 117 Å². The molecule has 186 valence electrons. The summed E-state index contributed by atoms with van der Waals surface area (Å²) in [5.41, 5.74) is 2.03. The molecule has 0 bridgehead atoms. The molecule has 0 aliphatic carbocycles. The molecule has 0 spiro atoms. The number of ether oxygens (including phenoxy) is 1. The lowest BCUT2D eigenvalue weighted by molar-refractivity contribution is 0.0730. The number of morpholine rings is 1. The van der Waals surface area contributed by atoms with E-state index < -0.39 is 10.0 Å². The van der Waals surface area contributed by atoms with E-state index in [2.05, 4.69) is 5.10 Å². The van der Waals surface area contributed by atoms with Gasteiger partial charge in [0.2, 0.25) is 14.8 Å². The van der Waals surface area contributed by atoms with E-state index in [1.165, 1.54) is 27.8 Å². The van der Waals surface area contributed by atoms with Crippen molar-refractivity contribution in [2.24, 2.45) is 10.1 Å². The summed E-state index contributed by atoms with van der Waals surface area (Å²) < 4.78 is 34.2. The number of rotatable bonds is 6. The monoisotopic (exact) mass is 542 g/mol. The minimum atomic E-state index is -3.58. The largest absolute Gasteiger partial charge is 0.504 e. The minimum absolute atomic E-state index is 0.204. The van der Waals surface area contributed by atoms with E-state index in [9.17, 15) is 18.6 Å². The average molecular weight is 543 g/mol. The first kappa shape index (κ1) is 24.4. The molecule has 1 aliphatic heterocycles. The van der Waals surface area contributed by atoms with Gasteiger partial charge in [-0.2, -0.15) is 9.41 Å². The second-order valence-electron chi connectivity index (χ2n) is 7.81. The zero-order valence-electron chi connectivity index (χ0n) is 18.9. The van der Waals surface area contributed by atoms with Crippen molar-refractivity contribution in [3.05, 3.63) is 75.7 Å². The van der Waals surface area contributed by atoms with Crippen LogP contribution < -0.4 is 4.80 Å². The summed E-state index contributed by atoms with van der Waals surface area (Å²) in [6.45, 7) is 1.46. The Bertz CT molecular complexity index is 1550. The first-order valence-electron chi connectivity index (χ1n) is 11.0. The number of thiophene rings is 1. The van der Waals surface area contributed by atoms with Gasteiger partial charge in [-0.05, 0) is 59.5 Å². The van der Waals surface area contributed by atoms with Gasteiger partial charge in [-0.1, -0.05) is 6.07 Å². The summed E-state index contributed by atoms with van der Waals surface area (Å²) in [5.74, 6) is -0.436. The number of sulfonamides is 1. The van der Waals surface area contributed by atoms with Crippen LogP contribution in [0, 0.1) is 0 Å². The molecule has 0 radical (unpaired) electrons. The zero-order chi connectivity index (χ0) is 25.1. The Hall–Kier alpha value is -3.29. The number of aromatic nitrogens is 1. The number of thiazole rings is 1. The number of hydrogen-bond donors (Lipinski definition) is 2. The molecule has 5 rings (SSSR count). The standard InChI is InChI=1S/C24H22N4O5S3/c29-21-8-3-17(14-22(21)30)15-25-28-20(23-2-1-13-34-23)16-35-24(28)26-18-4-6-19(7-5-18)36(31,32)27-9-11-33-12-10-27/h1-8,13-16,29-30H,9-12H2. The van der Waals surface area contributed by atoms with Crippen molar-refractivity contribution < 1.29 is 23.4 Å². The lowest BCUT2D eigenvalue weighted by Gasteiger charge is -2.26. The van der Waals surface area contributed by atoms with Crippen LogP contribution in [0.4, 0.5) is 5.69 Å². The third-order valence-electron chi connectivity index (χ3n) is 5.45. The minimum Gasteiger partial charge on any atom is -0.504 e. The van der Waals surface area contributed by atoms with Crippen LogP contribution in [-0.4, -0.2) is 60.1 Å². The van der Waals surface area contributed by atoms with Crippen molar-refractivity contribution in [1.29, 1.82) is 0 Å². The smallest absolute Gasteiger partial charge is 0.243 e. The molecule has 0 atom stereocenters. The van der Waals surface area contributed by atoms with Gasteiger partial charge in [0.05, 0.1) is 40.6 Å². The Kier molecular flexibility index (Phi) is 7.03. The van der Waals surface area contributed by atoms with Crippen molar-refractivity contribution in [3.8, 4) is 22.1 Å². The lowest BCUT2D eigenvalue weighted by Crippen LogP contribution is -2.40. The molecule has 12 heteroatoms. The number of aromatic hydroxyl groups is 2. The van der Waals surface area contributed by atoms with Crippen LogP contribution in [0.5, 0.6) is 11.5 Å². The number of phenolic OH excluding ortho intramolecular Hbond substituents is 2. The number of nitrogens with zero attached hydrogens (tertiary/aromatic N) is 4. The Morgan fingerprint density at radius 3 is 2.44 bits per heavy atom. The fourth-order valence-corrected chi connectivity index (χ4v) is 6.62. The van der Waals surface area contributed by atoms with Crippen LogP contribution in [0.2, 0.25) is 0 Å². The summed E-state index contributed by atoms with van der Waals surface area (Å²) in [4.78, 5) is 6.51. The highest BCUT2D eigenvalue weighted by Crippen LogP contribution is 2.27. The second kappa shape index (κ2) is 10.4. The van der Waals surface area contributed by atoms with Crippen LogP contribution in [-0.2, 0) is 14.8 Å². The average Bonchev–Trinajstić information content (AvgIpc) is 3.56. The van der Waals surface area contributed by atoms with E-state index >= 15 is 0 Å². The molecule has 4 aromatic rings. The normalized spacial score (nSPS) is 15.6. The first-order chi connectivity index (χ1) is 17.4. The third kappa shape index (κ3) is 5.13. The van der Waals surface area contributed by atoms with Crippen LogP contribution in [0.15, 0.2) is 80.3 Å². The number of benzene rings is 2. The van der Waals surface area contributed by atoms with Gasteiger partial charge in [-0.25, -0.2) is 18.1 Å². The maximum absolute atomic E-state index is 12.9. The van der Waals surface area contributed by atoms with Gasteiger partial charge in [-0.3, -0.25) is 0 Å². The van der Waals surface area contributed by atoms with E-state index in [1.807, 2.05) is 22.9 Å². The van der Waals surface area contributed by atoms with Gasteiger partial charge in [-0.15, -0.1) is 22.7 Å². The Morgan fingerprint density at radius 2 is 1.75 bits per heavy atom. The van der Waals surface area contributed by atoms with Gasteiger partial charge in [0.15, 0.2) is 11.5 Å². The Labute approximate surface area is 215 Å². The van der Waals surface area contributed by atoms with Gasteiger partial charge < -0.3 is 14.9 Å². The van der Waals surface area contributed by atoms with Gasteiger partial charge >= 0.3 is 0 Å². The molecule has 1 fully saturated rings. The van der Waals surface area contributed by atoms with E-state index in [4.69, 9.17) is 9.73 Å². The highest BCUT2D eigenvalue weighted by Gasteiger charge is 2.26. The van der Waals surface area contributed by atoms with Crippen molar-refractivity contribution in [1.82, 2.24) is 8.98 Å². The Morgan fingerprint density at radius 1 is 0.972 bits per heavy atom. The fourth-order valence-electron chi connectivity index (χ4n) is 3.57. The molecule has 0 saturated carbocycles. The third-order valence-corrected chi connectivity index (χ3v) is 9.07. The Balaban J connectivity index is 1.49. The molecule has 36 heavy (non-hydrogen) atoms. The molecule has 0 unspecified atom stereocenters. The molecule has 0 amide bonds. The number of phenols is 2. The molecule has 9 nitrogen and oxygen atoms in total. The van der Waals surface area contributed by atoms with Gasteiger partial charge in [0, 0.05) is 18.5 Å². The van der Waals surface area contributed by atoms with E-state index in [0.717, 1.165) is 10.6 Å². The zero-order valence-corrected chi connectivity index (χ0v) is 21.3. The molecule has 1 aliphatic rings. The molecule has 2 aromatic carbocycles. The summed E-state index contributed by atoms with van der Waals surface area (Å²) in [6.07, 6.45) is 1.57. The predicted molar refractivity (Wildman–Crippen MR) is 140 cm³/mol. The van der Waals surface area contributed by atoms with Crippen LogP contribution in [0.25, 0.3) is 10.6 Å². The molecule has 3 heterocycles. The first-order valence-corrected chi connectivity index (χ1v) is 14.2. The van der Waals surface area contributed by atoms with Gasteiger partial charge in [0.25, 0.3) is 0 Å². The van der Waals surface area contributed by atoms with Crippen molar-refractivity contribution >= 4 is 44.6 Å². The maximum Gasteiger partial charge on any atom is 0.243 e. The molecular formula is C24H22N4O5S3. The fraction of sp³-hybridized carbons (Fsp3) is 0.167. The van der Waals surface area contributed by atoms with E-state index in [0.29, 0.717) is 42.4 Å². The second-order valence-corrected chi connectivity index (χ2v) is 11.5. The van der Waals surface area contributed by atoms with Crippen molar-refractivity contribution in [2.75, 3.05) is 26.3 Å².